The van der Waals surface area contributed by atoms with Gasteiger partial charge in [0.1, 0.15) is 0 Å². The molecule has 2 aliphatic rings. The molecule has 0 saturated heterocycles. The number of fused-ring (bicyclic) bond motifs is 3. The van der Waals surface area contributed by atoms with Gasteiger partial charge < -0.3 is 9.47 Å². The molecule has 0 bridgehead atoms. The van der Waals surface area contributed by atoms with Crippen LogP contribution in [0.2, 0.25) is 0 Å². The van der Waals surface area contributed by atoms with Crippen molar-refractivity contribution >= 4 is 21.0 Å². The van der Waals surface area contributed by atoms with Crippen molar-refractivity contribution in [2.45, 2.75) is 38.6 Å². The monoisotopic (exact) mass is 456 g/mol. The topological polar surface area (TPSA) is 45.6 Å². The van der Waals surface area contributed by atoms with E-state index in [1.807, 2.05) is 0 Å². The summed E-state index contributed by atoms with van der Waals surface area (Å²) in [7, 11) is 3.41. The van der Waals surface area contributed by atoms with Crippen molar-refractivity contribution in [1.29, 1.82) is 3.56 Å². The van der Waals surface area contributed by atoms with Crippen LogP contribution in [-0.4, -0.2) is 36.6 Å². The highest BCUT2D eigenvalue weighted by atomic mass is 127. The van der Waals surface area contributed by atoms with E-state index in [1.54, 1.807) is 19.8 Å². The molecule has 0 spiro atoms. The fourth-order valence-electron chi connectivity index (χ4n) is 4.29. The molecule has 0 aromatic heterocycles. The van der Waals surface area contributed by atoms with Gasteiger partial charge in [0.15, 0.2) is 11.5 Å². The van der Waals surface area contributed by atoms with Gasteiger partial charge in [-0.3, -0.25) is 8.46 Å². The number of nitrogens with one attached hydrogen (secondary N) is 1. The summed E-state index contributed by atoms with van der Waals surface area (Å²) >= 11 is -0.550. The van der Waals surface area contributed by atoms with Gasteiger partial charge in [-0.25, -0.2) is 0 Å². The maximum Gasteiger partial charge on any atom is 0.161 e. The van der Waals surface area contributed by atoms with E-state index >= 15 is 0 Å². The second kappa shape index (κ2) is 7.74. The Morgan fingerprint density at radius 2 is 1.96 bits per heavy atom. The lowest BCUT2D eigenvalue weighted by Gasteiger charge is -2.50. The van der Waals surface area contributed by atoms with Gasteiger partial charge in [0, 0.05) is 17.5 Å². The molecule has 0 saturated carbocycles. The molecule has 1 aromatic rings. The predicted molar refractivity (Wildman–Crippen MR) is 110 cm³/mol. The molecule has 1 aromatic carbocycles. The molecule has 4 nitrogen and oxygen atoms in total. The molecule has 0 amide bonds. The van der Waals surface area contributed by atoms with Crippen LogP contribution in [0.5, 0.6) is 11.5 Å². The molecule has 2 aliphatic heterocycles. The SMILES string of the molecule is COc1cc2c(cc1OC)C1(CI=N)CC=C(CC(C)C)CN1CC2. The number of benzene rings is 1. The van der Waals surface area contributed by atoms with Gasteiger partial charge in [-0.05, 0) is 69.5 Å². The average Bonchev–Trinajstić information content (AvgIpc) is 2.60. The quantitative estimate of drug-likeness (QED) is 0.378. The lowest BCUT2D eigenvalue weighted by molar-refractivity contribution is 0.0985. The first kappa shape index (κ1) is 18.8. The third-order valence-electron chi connectivity index (χ3n) is 5.45. The number of hydrogen-bond donors (Lipinski definition) is 1. The maximum atomic E-state index is 8.05. The van der Waals surface area contributed by atoms with E-state index in [4.69, 9.17) is 13.0 Å². The lowest BCUT2D eigenvalue weighted by Crippen LogP contribution is -2.54. The smallest absolute Gasteiger partial charge is 0.161 e. The van der Waals surface area contributed by atoms with Crippen molar-refractivity contribution < 1.29 is 9.47 Å². The summed E-state index contributed by atoms with van der Waals surface area (Å²) in [5, 5.41) is 0. The minimum atomic E-state index is -0.550. The largest absolute Gasteiger partial charge is 0.493 e. The Morgan fingerprint density at radius 3 is 2.60 bits per heavy atom. The van der Waals surface area contributed by atoms with Crippen LogP contribution in [0.4, 0.5) is 0 Å². The molecule has 0 radical (unpaired) electrons. The Bertz CT molecular complexity index is 687. The van der Waals surface area contributed by atoms with Crippen LogP contribution in [-0.2, 0) is 12.0 Å². The Balaban J connectivity index is 2.06. The van der Waals surface area contributed by atoms with Crippen LogP contribution in [0.3, 0.4) is 0 Å². The summed E-state index contributed by atoms with van der Waals surface area (Å²) in [5.41, 5.74) is 4.29. The fraction of sp³-hybridized carbons (Fsp3) is 0.600. The molecule has 25 heavy (non-hydrogen) atoms. The average molecular weight is 456 g/mol. The van der Waals surface area contributed by atoms with Crippen LogP contribution in [0, 0.1) is 9.48 Å². The van der Waals surface area contributed by atoms with Gasteiger partial charge >= 0.3 is 0 Å². The highest BCUT2D eigenvalue weighted by molar-refractivity contribution is 14.1. The molecule has 138 valence electrons. The molecule has 1 unspecified atom stereocenters. The van der Waals surface area contributed by atoms with Crippen LogP contribution in [0.15, 0.2) is 23.8 Å². The number of halogens is 1. The summed E-state index contributed by atoms with van der Waals surface area (Å²) in [6, 6.07) is 4.34. The summed E-state index contributed by atoms with van der Waals surface area (Å²) < 4.78 is 20.1. The molecule has 1 N–H and O–H groups in total. The molecule has 1 atom stereocenters. The van der Waals surface area contributed by atoms with Gasteiger partial charge in [0.2, 0.25) is 0 Å². The van der Waals surface area contributed by atoms with Crippen molar-refractivity contribution in [3.05, 3.63) is 34.9 Å². The first-order valence-corrected chi connectivity index (χ1v) is 11.6. The first-order valence-electron chi connectivity index (χ1n) is 8.97. The molecular formula is C20H29IN2O2. The number of hydrogen-bond acceptors (Lipinski definition) is 4. The van der Waals surface area contributed by atoms with Crippen molar-refractivity contribution in [2.75, 3.05) is 31.7 Å². The first-order chi connectivity index (χ1) is 12.0. The molecule has 0 aliphatic carbocycles. The molecule has 2 heterocycles. The van der Waals surface area contributed by atoms with Gasteiger partial charge in [0.05, 0.1) is 19.8 Å². The number of rotatable bonds is 6. The zero-order valence-electron chi connectivity index (χ0n) is 15.7. The minimum absolute atomic E-state index is 0.0113. The van der Waals surface area contributed by atoms with Gasteiger partial charge in [-0.15, -0.1) is 0 Å². The zero-order chi connectivity index (χ0) is 18.0. The normalized spacial score (nSPS) is 23.0. The van der Waals surface area contributed by atoms with Crippen LogP contribution >= 0.6 is 21.0 Å². The molecular weight excluding hydrogens is 427 g/mol. The fourth-order valence-corrected chi connectivity index (χ4v) is 6.12. The van der Waals surface area contributed by atoms with Crippen molar-refractivity contribution in [2.24, 2.45) is 5.92 Å². The van der Waals surface area contributed by atoms with E-state index in [0.29, 0.717) is 5.92 Å². The Hall–Kier alpha value is -0.950. The lowest BCUT2D eigenvalue weighted by atomic mass is 9.76. The van der Waals surface area contributed by atoms with Crippen molar-refractivity contribution in [1.82, 2.24) is 4.90 Å². The standard InChI is InChI=1S/C20H29IN2O2/c1-14(2)9-15-5-7-20(13-21-22)17-11-19(25-4)18(24-3)10-16(17)6-8-23(20)12-15/h5,10-11,14,22H,6-9,12-13H2,1-4H3. The number of ether oxygens (including phenoxy) is 2. The maximum absolute atomic E-state index is 8.05. The van der Waals surface area contributed by atoms with E-state index in [0.717, 1.165) is 41.9 Å². The van der Waals surface area contributed by atoms with Crippen LogP contribution < -0.4 is 9.47 Å². The summed E-state index contributed by atoms with van der Waals surface area (Å²) in [6.07, 6.45) is 5.71. The predicted octanol–water partition coefficient (Wildman–Crippen LogP) is 4.87. The van der Waals surface area contributed by atoms with E-state index in [-0.39, 0.29) is 5.54 Å². The van der Waals surface area contributed by atoms with Crippen molar-refractivity contribution in [3.8, 4) is 11.5 Å². The zero-order valence-corrected chi connectivity index (χ0v) is 17.9. The van der Waals surface area contributed by atoms with E-state index in [2.05, 4.69) is 37.0 Å². The second-order valence-electron chi connectivity index (χ2n) is 7.50. The minimum Gasteiger partial charge on any atom is -0.493 e. The molecule has 0 fully saturated rings. The Labute approximate surface area is 161 Å². The van der Waals surface area contributed by atoms with E-state index in [1.165, 1.54) is 17.5 Å². The highest BCUT2D eigenvalue weighted by Crippen LogP contribution is 2.47. The second-order valence-corrected chi connectivity index (χ2v) is 9.02. The summed E-state index contributed by atoms with van der Waals surface area (Å²) in [6.45, 7) is 6.71. The Morgan fingerprint density at radius 1 is 1.24 bits per heavy atom. The van der Waals surface area contributed by atoms with E-state index < -0.39 is 21.0 Å². The highest BCUT2D eigenvalue weighted by Gasteiger charge is 2.44. The number of nitrogens with zero attached hydrogens (tertiary/aromatic N) is 1. The van der Waals surface area contributed by atoms with Crippen molar-refractivity contribution in [3.63, 3.8) is 0 Å². The summed E-state index contributed by atoms with van der Waals surface area (Å²) in [5.74, 6) is 2.32. The number of alkyl halides is 1. The molecule has 5 heteroatoms. The Kier molecular flexibility index (Phi) is 5.83. The third-order valence-corrected chi connectivity index (χ3v) is 7.09. The van der Waals surface area contributed by atoms with Gasteiger partial charge in [0.25, 0.3) is 0 Å². The van der Waals surface area contributed by atoms with Gasteiger partial charge in [-0.2, -0.15) is 0 Å². The van der Waals surface area contributed by atoms with E-state index in [9.17, 15) is 0 Å². The van der Waals surface area contributed by atoms with Crippen LogP contribution in [0.25, 0.3) is 0 Å². The van der Waals surface area contributed by atoms with Gasteiger partial charge in [-0.1, -0.05) is 25.5 Å². The molecule has 3 rings (SSSR count). The van der Waals surface area contributed by atoms with Crippen LogP contribution in [0.1, 0.15) is 37.8 Å². The third kappa shape index (κ3) is 3.50. The summed E-state index contributed by atoms with van der Waals surface area (Å²) in [4.78, 5) is 2.65. The number of methoxy groups -OCH3 is 2.